The molecule has 1 aliphatic carbocycles. The Morgan fingerprint density at radius 3 is 2.74 bits per heavy atom. The van der Waals surface area contributed by atoms with Crippen molar-refractivity contribution in [3.8, 4) is 0 Å². The molecular formula is C13H22N2O2S2. The van der Waals surface area contributed by atoms with Gasteiger partial charge in [-0.25, -0.2) is 8.42 Å². The average molecular weight is 302 g/mol. The van der Waals surface area contributed by atoms with E-state index in [1.165, 1.54) is 11.3 Å². The number of hydrogen-bond acceptors (Lipinski definition) is 4. The van der Waals surface area contributed by atoms with E-state index in [1.54, 1.807) is 10.4 Å². The largest absolute Gasteiger partial charge is 0.312 e. The van der Waals surface area contributed by atoms with Gasteiger partial charge in [0.1, 0.15) is 0 Å². The maximum absolute atomic E-state index is 12.8. The molecule has 0 amide bonds. The Hall–Kier alpha value is -0.430. The van der Waals surface area contributed by atoms with Crippen molar-refractivity contribution in [1.82, 2.24) is 9.62 Å². The summed E-state index contributed by atoms with van der Waals surface area (Å²) in [6, 6.07) is 1.98. The minimum Gasteiger partial charge on any atom is -0.312 e. The summed E-state index contributed by atoms with van der Waals surface area (Å²) >= 11 is 1.52. The molecule has 1 N–H and O–H groups in total. The highest BCUT2D eigenvalue weighted by Gasteiger charge is 2.38. The summed E-state index contributed by atoms with van der Waals surface area (Å²) in [5.41, 5.74) is 0. The molecule has 1 heterocycles. The highest BCUT2D eigenvalue weighted by Crippen LogP contribution is 2.34. The van der Waals surface area contributed by atoms with Crippen LogP contribution in [0, 0.1) is 0 Å². The Bertz CT molecular complexity index is 506. The van der Waals surface area contributed by atoms with Gasteiger partial charge in [-0.1, -0.05) is 13.8 Å². The first-order chi connectivity index (χ1) is 9.11. The molecule has 1 aromatic heterocycles. The highest BCUT2D eigenvalue weighted by atomic mass is 32.2. The Labute approximate surface area is 119 Å². The summed E-state index contributed by atoms with van der Waals surface area (Å²) in [6.45, 7) is 6.16. The van der Waals surface area contributed by atoms with Crippen molar-refractivity contribution in [3.63, 3.8) is 0 Å². The Morgan fingerprint density at radius 1 is 1.42 bits per heavy atom. The molecule has 0 aliphatic heterocycles. The summed E-state index contributed by atoms with van der Waals surface area (Å²) in [4.78, 5) is 1.42. The summed E-state index contributed by atoms with van der Waals surface area (Å²) in [5, 5.41) is 5.08. The third-order valence-electron chi connectivity index (χ3n) is 3.22. The van der Waals surface area contributed by atoms with Crippen LogP contribution in [0.15, 0.2) is 16.3 Å². The minimum absolute atomic E-state index is 0.233. The minimum atomic E-state index is -3.31. The maximum atomic E-state index is 12.8. The van der Waals surface area contributed by atoms with E-state index >= 15 is 0 Å². The zero-order valence-corrected chi connectivity index (χ0v) is 13.2. The third kappa shape index (κ3) is 3.37. The van der Waals surface area contributed by atoms with Crippen LogP contribution in [-0.4, -0.2) is 31.9 Å². The predicted octanol–water partition coefficient (Wildman–Crippen LogP) is 2.42. The van der Waals surface area contributed by atoms with Gasteiger partial charge in [-0.3, -0.25) is 0 Å². The SMILES string of the molecule is CCCN(C1CC1)S(=O)(=O)c1ccsc1CNCC. The molecule has 108 valence electrons. The van der Waals surface area contributed by atoms with Gasteiger partial charge in [0.25, 0.3) is 0 Å². The van der Waals surface area contributed by atoms with Crippen LogP contribution in [0.5, 0.6) is 0 Å². The fourth-order valence-corrected chi connectivity index (χ4v) is 5.30. The molecule has 1 aliphatic rings. The normalized spacial score (nSPS) is 16.2. The van der Waals surface area contributed by atoms with Crippen LogP contribution in [0.1, 0.15) is 38.0 Å². The predicted molar refractivity (Wildman–Crippen MR) is 78.9 cm³/mol. The van der Waals surface area contributed by atoms with E-state index < -0.39 is 10.0 Å². The van der Waals surface area contributed by atoms with E-state index in [4.69, 9.17) is 0 Å². The first-order valence-electron chi connectivity index (χ1n) is 6.90. The molecule has 0 atom stereocenters. The van der Waals surface area contributed by atoms with Crippen molar-refractivity contribution in [3.05, 3.63) is 16.3 Å². The van der Waals surface area contributed by atoms with Gasteiger partial charge in [0.15, 0.2) is 0 Å². The number of rotatable bonds is 8. The zero-order valence-electron chi connectivity index (χ0n) is 11.6. The lowest BCUT2D eigenvalue weighted by atomic mass is 10.4. The molecule has 2 rings (SSSR count). The van der Waals surface area contributed by atoms with E-state index in [2.05, 4.69) is 5.32 Å². The fraction of sp³-hybridized carbons (Fsp3) is 0.692. The molecule has 0 bridgehead atoms. The van der Waals surface area contributed by atoms with Gasteiger partial charge >= 0.3 is 0 Å². The van der Waals surface area contributed by atoms with Crippen LogP contribution in [0.25, 0.3) is 0 Å². The van der Waals surface area contributed by atoms with Crippen LogP contribution in [0.3, 0.4) is 0 Å². The van der Waals surface area contributed by atoms with Crippen molar-refractivity contribution in [1.29, 1.82) is 0 Å². The number of nitrogens with zero attached hydrogens (tertiary/aromatic N) is 1. The van der Waals surface area contributed by atoms with E-state index in [9.17, 15) is 8.42 Å². The summed E-state index contributed by atoms with van der Waals surface area (Å²) in [5.74, 6) is 0. The first kappa shape index (κ1) is 15.0. The Balaban J connectivity index is 2.24. The van der Waals surface area contributed by atoms with Crippen molar-refractivity contribution < 1.29 is 8.42 Å². The summed E-state index contributed by atoms with van der Waals surface area (Å²) in [7, 11) is -3.31. The molecule has 1 fully saturated rings. The smallest absolute Gasteiger partial charge is 0.244 e. The molecule has 0 saturated heterocycles. The summed E-state index contributed by atoms with van der Waals surface area (Å²) in [6.07, 6.45) is 2.88. The Kier molecular flexibility index (Phi) is 5.00. The molecule has 0 unspecified atom stereocenters. The van der Waals surface area contributed by atoms with Crippen molar-refractivity contribution in [2.24, 2.45) is 0 Å². The zero-order chi connectivity index (χ0) is 13.9. The molecule has 19 heavy (non-hydrogen) atoms. The van der Waals surface area contributed by atoms with Gasteiger partial charge in [0.2, 0.25) is 10.0 Å². The molecule has 6 heteroatoms. The lowest BCUT2D eigenvalue weighted by Crippen LogP contribution is -2.34. The Morgan fingerprint density at radius 2 is 2.16 bits per heavy atom. The number of nitrogens with one attached hydrogen (secondary N) is 1. The maximum Gasteiger partial charge on any atom is 0.244 e. The van der Waals surface area contributed by atoms with Crippen LogP contribution < -0.4 is 5.32 Å². The van der Waals surface area contributed by atoms with Crippen LogP contribution in [0.4, 0.5) is 0 Å². The van der Waals surface area contributed by atoms with Gasteiger partial charge in [0, 0.05) is 24.0 Å². The van der Waals surface area contributed by atoms with E-state index in [0.717, 1.165) is 30.7 Å². The standard InChI is InChI=1S/C13H22N2O2S2/c1-3-8-15(11-5-6-11)19(16,17)13-7-9-18-12(13)10-14-4-2/h7,9,11,14H,3-6,8,10H2,1-2H3. The first-order valence-corrected chi connectivity index (χ1v) is 9.22. The number of thiophene rings is 1. The topological polar surface area (TPSA) is 49.4 Å². The van der Waals surface area contributed by atoms with Gasteiger partial charge in [-0.2, -0.15) is 4.31 Å². The van der Waals surface area contributed by atoms with E-state index in [-0.39, 0.29) is 6.04 Å². The van der Waals surface area contributed by atoms with Gasteiger partial charge in [0.05, 0.1) is 4.90 Å². The van der Waals surface area contributed by atoms with Gasteiger partial charge < -0.3 is 5.32 Å². The lowest BCUT2D eigenvalue weighted by Gasteiger charge is -2.21. The summed E-state index contributed by atoms with van der Waals surface area (Å²) < 4.78 is 27.2. The fourth-order valence-electron chi connectivity index (χ4n) is 2.13. The second-order valence-electron chi connectivity index (χ2n) is 4.84. The van der Waals surface area contributed by atoms with E-state index in [1.807, 2.05) is 19.2 Å². The number of sulfonamides is 1. The average Bonchev–Trinajstić information content (AvgIpc) is 3.10. The second-order valence-corrected chi connectivity index (χ2v) is 7.69. The number of hydrogen-bond donors (Lipinski definition) is 1. The highest BCUT2D eigenvalue weighted by molar-refractivity contribution is 7.89. The van der Waals surface area contributed by atoms with Crippen molar-refractivity contribution in [2.45, 2.75) is 50.6 Å². The van der Waals surface area contributed by atoms with Crippen molar-refractivity contribution >= 4 is 21.4 Å². The molecule has 1 saturated carbocycles. The quantitative estimate of drug-likeness (QED) is 0.802. The second kappa shape index (κ2) is 6.35. The van der Waals surface area contributed by atoms with Gasteiger partial charge in [-0.05, 0) is 37.3 Å². The third-order valence-corrected chi connectivity index (χ3v) is 6.31. The molecule has 4 nitrogen and oxygen atoms in total. The lowest BCUT2D eigenvalue weighted by molar-refractivity contribution is 0.403. The monoisotopic (exact) mass is 302 g/mol. The van der Waals surface area contributed by atoms with Crippen LogP contribution in [-0.2, 0) is 16.6 Å². The molecule has 0 spiro atoms. The molecular weight excluding hydrogens is 280 g/mol. The van der Waals surface area contributed by atoms with Gasteiger partial charge in [-0.15, -0.1) is 11.3 Å². The molecule has 0 aromatic carbocycles. The van der Waals surface area contributed by atoms with E-state index in [0.29, 0.717) is 18.0 Å². The van der Waals surface area contributed by atoms with Crippen LogP contribution in [0.2, 0.25) is 0 Å². The van der Waals surface area contributed by atoms with Crippen molar-refractivity contribution in [2.75, 3.05) is 13.1 Å². The molecule has 0 radical (unpaired) electrons. The van der Waals surface area contributed by atoms with Crippen LogP contribution >= 0.6 is 11.3 Å². The molecule has 1 aromatic rings.